The number of carbonyl (C=O) groups excluding carboxylic acids is 1. The van der Waals surface area contributed by atoms with Gasteiger partial charge in [-0.05, 0) is 61.5 Å². The van der Waals surface area contributed by atoms with E-state index in [0.717, 1.165) is 38.7 Å². The van der Waals surface area contributed by atoms with E-state index in [1.807, 2.05) is 0 Å². The summed E-state index contributed by atoms with van der Waals surface area (Å²) in [5, 5.41) is 3.94. The smallest absolute Gasteiger partial charge is 0.381 e. The van der Waals surface area contributed by atoms with Crippen molar-refractivity contribution >= 4 is 5.91 Å². The molecule has 2 unspecified atom stereocenters. The Kier molecular flexibility index (Phi) is 6.42. The zero-order valence-corrected chi connectivity index (χ0v) is 20.2. The number of amides is 1. The van der Waals surface area contributed by atoms with Crippen LogP contribution < -0.4 is 5.32 Å². The number of hydrogen-bond acceptors (Lipinski definition) is 4. The van der Waals surface area contributed by atoms with Gasteiger partial charge in [-0.3, -0.25) is 9.78 Å². The zero-order valence-electron chi connectivity index (χ0n) is 20.2. The second kappa shape index (κ2) is 9.08. The third kappa shape index (κ3) is 4.36. The third-order valence-corrected chi connectivity index (χ3v) is 8.99. The number of nitrogens with one attached hydrogen (secondary N) is 1. The average Bonchev–Trinajstić information content (AvgIpc) is 3.22. The standard InChI is InChI=1S/C26H36F3N3O2/c1-16(2)25(8-6-21(11-25)31-23-17-4-3-5-18(23)15-34-14-17)24(33)32-9-7-22-19(13-32)10-20(12-30-22)26(27,28)29/h10,12,16-18,21,23,31H,3-9,11,13-15H2,1-2H3/t17?,18?,21-,23?,25+/m1/s1. The maximum absolute atomic E-state index is 13.9. The molecule has 3 heterocycles. The maximum Gasteiger partial charge on any atom is 0.417 e. The molecular formula is C26H36F3N3O2. The molecule has 5 nitrogen and oxygen atoms in total. The number of carbonyl (C=O) groups is 1. The number of hydrogen-bond donors (Lipinski definition) is 1. The predicted octanol–water partition coefficient (Wildman–Crippen LogP) is 4.58. The highest BCUT2D eigenvalue weighted by Crippen LogP contribution is 2.47. The van der Waals surface area contributed by atoms with E-state index in [1.165, 1.54) is 25.3 Å². The van der Waals surface area contributed by atoms with E-state index in [9.17, 15) is 18.0 Å². The van der Waals surface area contributed by atoms with Crippen LogP contribution >= 0.6 is 0 Å². The van der Waals surface area contributed by atoms with Crippen molar-refractivity contribution < 1.29 is 22.7 Å². The molecule has 1 N–H and O–H groups in total. The first-order chi connectivity index (χ1) is 16.2. The minimum atomic E-state index is -4.43. The number of nitrogens with zero attached hydrogens (tertiary/aromatic N) is 2. The second-order valence-corrected chi connectivity index (χ2v) is 11.2. The summed E-state index contributed by atoms with van der Waals surface area (Å²) >= 11 is 0. The van der Waals surface area contributed by atoms with Crippen LogP contribution in [0, 0.1) is 23.2 Å². The lowest BCUT2D eigenvalue weighted by atomic mass is 9.73. The van der Waals surface area contributed by atoms with Crippen LogP contribution in [0.25, 0.3) is 0 Å². The number of ether oxygens (including phenoxy) is 1. The van der Waals surface area contributed by atoms with Gasteiger partial charge in [0.25, 0.3) is 0 Å². The third-order valence-electron chi connectivity index (χ3n) is 8.99. The van der Waals surface area contributed by atoms with Crippen LogP contribution in [0.15, 0.2) is 12.3 Å². The van der Waals surface area contributed by atoms with Crippen molar-refractivity contribution in [2.75, 3.05) is 19.8 Å². The molecule has 1 aromatic heterocycles. The van der Waals surface area contributed by atoms with Crippen LogP contribution in [0.1, 0.15) is 69.2 Å². The second-order valence-electron chi connectivity index (χ2n) is 11.2. The molecule has 8 heteroatoms. The quantitative estimate of drug-likeness (QED) is 0.687. The molecule has 5 rings (SSSR count). The van der Waals surface area contributed by atoms with Gasteiger partial charge >= 0.3 is 6.18 Å². The van der Waals surface area contributed by atoms with Crippen molar-refractivity contribution in [1.82, 2.24) is 15.2 Å². The molecule has 2 saturated carbocycles. The zero-order chi connectivity index (χ0) is 24.1. The highest BCUT2D eigenvalue weighted by molar-refractivity contribution is 5.83. The number of pyridine rings is 1. The first kappa shape index (κ1) is 24.0. The number of fused-ring (bicyclic) bond motifs is 3. The molecule has 1 aromatic rings. The fourth-order valence-corrected chi connectivity index (χ4v) is 6.93. The lowest BCUT2D eigenvalue weighted by Gasteiger charge is -2.44. The van der Waals surface area contributed by atoms with Gasteiger partial charge in [0.1, 0.15) is 0 Å². The first-order valence-electron chi connectivity index (χ1n) is 12.9. The van der Waals surface area contributed by atoms with E-state index < -0.39 is 17.2 Å². The van der Waals surface area contributed by atoms with Crippen molar-refractivity contribution in [3.8, 4) is 0 Å². The van der Waals surface area contributed by atoms with E-state index >= 15 is 0 Å². The summed E-state index contributed by atoms with van der Waals surface area (Å²) in [5.41, 5.74) is -0.0141. The normalized spacial score (nSPS) is 33.8. The molecule has 4 aliphatic rings. The molecule has 2 aliphatic heterocycles. The summed E-state index contributed by atoms with van der Waals surface area (Å²) < 4.78 is 45.4. The Morgan fingerprint density at radius 1 is 1.24 bits per heavy atom. The molecule has 188 valence electrons. The van der Waals surface area contributed by atoms with Gasteiger partial charge in [-0.25, -0.2) is 0 Å². The molecule has 0 spiro atoms. The van der Waals surface area contributed by atoms with Crippen molar-refractivity contribution in [2.45, 2.75) is 83.6 Å². The summed E-state index contributed by atoms with van der Waals surface area (Å²) in [4.78, 5) is 19.8. The van der Waals surface area contributed by atoms with Crippen LogP contribution in [0.2, 0.25) is 0 Å². The number of aromatic nitrogens is 1. The molecule has 2 aliphatic carbocycles. The van der Waals surface area contributed by atoms with Gasteiger partial charge in [0.05, 0.1) is 24.2 Å². The van der Waals surface area contributed by atoms with Crippen molar-refractivity contribution in [1.29, 1.82) is 0 Å². The van der Waals surface area contributed by atoms with Gasteiger partial charge < -0.3 is 15.0 Å². The Bertz CT molecular complexity index is 899. The summed E-state index contributed by atoms with van der Waals surface area (Å²) in [6.07, 6.45) is 3.24. The number of alkyl halides is 3. The number of halogens is 3. The SMILES string of the molecule is CC(C)[C@]1(C(=O)N2CCc3ncc(C(F)(F)F)cc3C2)CC[C@@H](NC2C3CCCC2COC3)C1. The molecule has 4 atom stereocenters. The molecule has 0 radical (unpaired) electrons. The topological polar surface area (TPSA) is 54.5 Å². The monoisotopic (exact) mass is 479 g/mol. The van der Waals surface area contributed by atoms with E-state index in [4.69, 9.17) is 4.74 Å². The van der Waals surface area contributed by atoms with Crippen molar-refractivity contribution in [3.63, 3.8) is 0 Å². The van der Waals surface area contributed by atoms with E-state index in [2.05, 4.69) is 24.1 Å². The Balaban J connectivity index is 1.30. The van der Waals surface area contributed by atoms with Crippen LogP contribution in [0.5, 0.6) is 0 Å². The van der Waals surface area contributed by atoms with Crippen LogP contribution in [-0.2, 0) is 28.7 Å². The van der Waals surface area contributed by atoms with Crippen LogP contribution in [-0.4, -0.2) is 47.6 Å². The summed E-state index contributed by atoms with van der Waals surface area (Å²) in [7, 11) is 0. The summed E-state index contributed by atoms with van der Waals surface area (Å²) in [6.45, 7) is 6.62. The molecule has 2 bridgehead atoms. The Hall–Kier alpha value is -1.67. The first-order valence-corrected chi connectivity index (χ1v) is 12.9. The fourth-order valence-electron chi connectivity index (χ4n) is 6.93. The van der Waals surface area contributed by atoms with E-state index in [1.54, 1.807) is 4.90 Å². The minimum absolute atomic E-state index is 0.0991. The van der Waals surface area contributed by atoms with Gasteiger partial charge in [0.2, 0.25) is 5.91 Å². The molecule has 0 aromatic carbocycles. The maximum atomic E-state index is 13.9. The van der Waals surface area contributed by atoms with Crippen LogP contribution in [0.4, 0.5) is 13.2 Å². The van der Waals surface area contributed by atoms with Gasteiger partial charge in [0, 0.05) is 43.5 Å². The Labute approximate surface area is 199 Å². The van der Waals surface area contributed by atoms with Gasteiger partial charge in [-0.1, -0.05) is 20.3 Å². The molecule has 34 heavy (non-hydrogen) atoms. The van der Waals surface area contributed by atoms with Crippen LogP contribution in [0.3, 0.4) is 0 Å². The molecule has 1 amide bonds. The lowest BCUT2D eigenvalue weighted by molar-refractivity contribution is -0.146. The predicted molar refractivity (Wildman–Crippen MR) is 122 cm³/mol. The highest BCUT2D eigenvalue weighted by Gasteiger charge is 2.51. The van der Waals surface area contributed by atoms with Gasteiger partial charge in [-0.2, -0.15) is 13.2 Å². The fraction of sp³-hybridized carbons (Fsp3) is 0.769. The van der Waals surface area contributed by atoms with E-state index in [-0.39, 0.29) is 18.4 Å². The highest BCUT2D eigenvalue weighted by atomic mass is 19.4. The molecule has 3 fully saturated rings. The largest absolute Gasteiger partial charge is 0.417 e. The summed E-state index contributed by atoms with van der Waals surface area (Å²) in [5.74, 6) is 1.39. The van der Waals surface area contributed by atoms with Gasteiger partial charge in [-0.15, -0.1) is 0 Å². The molecular weight excluding hydrogens is 443 g/mol. The Morgan fingerprint density at radius 3 is 2.65 bits per heavy atom. The Morgan fingerprint density at radius 2 is 1.97 bits per heavy atom. The lowest BCUT2D eigenvalue weighted by Crippen LogP contribution is -2.54. The van der Waals surface area contributed by atoms with E-state index in [0.29, 0.717) is 48.1 Å². The summed E-state index contributed by atoms with van der Waals surface area (Å²) in [6, 6.07) is 1.94. The van der Waals surface area contributed by atoms with Crippen molar-refractivity contribution in [3.05, 3.63) is 29.1 Å². The van der Waals surface area contributed by atoms with Gasteiger partial charge in [0.15, 0.2) is 0 Å². The number of rotatable bonds is 4. The average molecular weight is 480 g/mol. The minimum Gasteiger partial charge on any atom is -0.381 e. The molecule has 1 saturated heterocycles. The van der Waals surface area contributed by atoms with Crippen molar-refractivity contribution in [2.24, 2.45) is 23.2 Å².